The third-order valence-corrected chi connectivity index (χ3v) is 3.91. The number of carbonyl (C=O) groups excluding carboxylic acids is 2. The van der Waals surface area contributed by atoms with Crippen molar-refractivity contribution < 1.29 is 23.8 Å². The van der Waals surface area contributed by atoms with Gasteiger partial charge in [0, 0.05) is 12.1 Å². The van der Waals surface area contributed by atoms with E-state index in [4.69, 9.17) is 14.2 Å². The van der Waals surface area contributed by atoms with E-state index in [9.17, 15) is 9.59 Å². The van der Waals surface area contributed by atoms with Gasteiger partial charge in [-0.25, -0.2) is 0 Å². The molecule has 2 heterocycles. The third kappa shape index (κ3) is 3.49. The van der Waals surface area contributed by atoms with E-state index in [1.807, 2.05) is 6.92 Å². The predicted molar refractivity (Wildman–Crippen MR) is 71.1 cm³/mol. The fourth-order valence-corrected chi connectivity index (χ4v) is 3.06. The Morgan fingerprint density at radius 1 is 1.10 bits per heavy atom. The number of ether oxygens (including phenoxy) is 3. The van der Waals surface area contributed by atoms with Crippen molar-refractivity contribution in [1.29, 1.82) is 0 Å². The molecule has 2 rings (SSSR count). The van der Waals surface area contributed by atoms with Crippen LogP contribution in [0.3, 0.4) is 0 Å². The van der Waals surface area contributed by atoms with Crippen LogP contribution in [0.4, 0.5) is 0 Å². The molecule has 2 fully saturated rings. The molecule has 0 aromatic carbocycles. The lowest BCUT2D eigenvalue weighted by Crippen LogP contribution is -2.59. The van der Waals surface area contributed by atoms with Crippen LogP contribution in [0.1, 0.15) is 26.7 Å². The Morgan fingerprint density at radius 3 is 2.25 bits per heavy atom. The fraction of sp³-hybridized carbons (Fsp3) is 0.857. The number of carbonyl (C=O) groups is 2. The SMILES string of the molecule is CCOC(=O)CN1C2COCC1CC(C(=O)OCC)C2. The minimum atomic E-state index is -0.209. The summed E-state index contributed by atoms with van der Waals surface area (Å²) in [6.07, 6.45) is 1.38. The summed E-state index contributed by atoms with van der Waals surface area (Å²) in [6, 6.07) is 0.197. The lowest BCUT2D eigenvalue weighted by molar-refractivity contribution is -0.161. The summed E-state index contributed by atoms with van der Waals surface area (Å²) in [5, 5.41) is 0. The van der Waals surface area contributed by atoms with E-state index >= 15 is 0 Å². The summed E-state index contributed by atoms with van der Waals surface area (Å²) in [7, 11) is 0. The van der Waals surface area contributed by atoms with E-state index < -0.39 is 0 Å². The number of hydrogen-bond donors (Lipinski definition) is 0. The van der Waals surface area contributed by atoms with Crippen LogP contribution in [0.2, 0.25) is 0 Å². The van der Waals surface area contributed by atoms with Crippen LogP contribution < -0.4 is 0 Å². The first-order chi connectivity index (χ1) is 9.65. The standard InChI is InChI=1S/C14H23NO5/c1-3-19-13(16)7-15-11-5-10(14(17)20-4-2)6-12(15)9-18-8-11/h10-12H,3-9H2,1-2H3. The Labute approximate surface area is 119 Å². The molecule has 0 aromatic heterocycles. The molecule has 6 heteroatoms. The van der Waals surface area contributed by atoms with Crippen LogP contribution in [0.25, 0.3) is 0 Å². The fourth-order valence-electron chi connectivity index (χ4n) is 3.06. The number of fused-ring (bicyclic) bond motifs is 2. The van der Waals surface area contributed by atoms with E-state index in [1.54, 1.807) is 6.92 Å². The van der Waals surface area contributed by atoms with Gasteiger partial charge in [0.15, 0.2) is 0 Å². The average Bonchev–Trinajstić information content (AvgIpc) is 2.38. The number of rotatable bonds is 5. The van der Waals surface area contributed by atoms with Gasteiger partial charge in [-0.05, 0) is 26.7 Å². The zero-order valence-corrected chi connectivity index (χ0v) is 12.2. The van der Waals surface area contributed by atoms with Crippen LogP contribution in [0.5, 0.6) is 0 Å². The van der Waals surface area contributed by atoms with Crippen molar-refractivity contribution in [3.8, 4) is 0 Å². The molecule has 0 radical (unpaired) electrons. The number of nitrogens with zero attached hydrogens (tertiary/aromatic N) is 1. The number of hydrogen-bond acceptors (Lipinski definition) is 6. The minimum absolute atomic E-state index is 0.0766. The summed E-state index contributed by atoms with van der Waals surface area (Å²) in [4.78, 5) is 25.7. The first kappa shape index (κ1) is 15.3. The smallest absolute Gasteiger partial charge is 0.320 e. The van der Waals surface area contributed by atoms with Crippen molar-refractivity contribution in [2.45, 2.75) is 38.8 Å². The van der Waals surface area contributed by atoms with Gasteiger partial charge in [0.05, 0.1) is 38.9 Å². The maximum absolute atomic E-state index is 11.9. The zero-order valence-electron chi connectivity index (χ0n) is 12.2. The first-order valence-electron chi connectivity index (χ1n) is 7.31. The van der Waals surface area contributed by atoms with E-state index in [1.165, 1.54) is 0 Å². The average molecular weight is 285 g/mol. The second-order valence-corrected chi connectivity index (χ2v) is 5.24. The van der Waals surface area contributed by atoms with Gasteiger partial charge in [-0.2, -0.15) is 0 Å². The van der Waals surface area contributed by atoms with E-state index in [0.29, 0.717) is 39.3 Å². The topological polar surface area (TPSA) is 65.1 Å². The number of piperidine rings is 1. The highest BCUT2D eigenvalue weighted by atomic mass is 16.5. The van der Waals surface area contributed by atoms with Gasteiger partial charge < -0.3 is 14.2 Å². The molecule has 0 spiro atoms. The molecular formula is C14H23NO5. The number of morpholine rings is 1. The zero-order chi connectivity index (χ0) is 14.5. The van der Waals surface area contributed by atoms with Gasteiger partial charge in [0.25, 0.3) is 0 Å². The van der Waals surface area contributed by atoms with E-state index in [2.05, 4.69) is 4.90 Å². The van der Waals surface area contributed by atoms with Crippen molar-refractivity contribution in [3.63, 3.8) is 0 Å². The van der Waals surface area contributed by atoms with Gasteiger partial charge in [0.1, 0.15) is 0 Å². The normalized spacial score (nSPS) is 29.8. The molecule has 20 heavy (non-hydrogen) atoms. The van der Waals surface area contributed by atoms with Gasteiger partial charge in [-0.15, -0.1) is 0 Å². The molecule has 0 aromatic rings. The second-order valence-electron chi connectivity index (χ2n) is 5.24. The Bertz CT molecular complexity index is 345. The highest BCUT2D eigenvalue weighted by Crippen LogP contribution is 2.32. The Balaban J connectivity index is 1.97. The van der Waals surface area contributed by atoms with Gasteiger partial charge in [-0.1, -0.05) is 0 Å². The Morgan fingerprint density at radius 2 is 1.70 bits per heavy atom. The van der Waals surface area contributed by atoms with E-state index in [0.717, 1.165) is 0 Å². The van der Waals surface area contributed by atoms with Crippen molar-refractivity contribution >= 4 is 11.9 Å². The van der Waals surface area contributed by atoms with Crippen molar-refractivity contribution in [3.05, 3.63) is 0 Å². The van der Waals surface area contributed by atoms with Crippen LogP contribution in [-0.4, -0.2) is 61.9 Å². The van der Waals surface area contributed by atoms with Crippen LogP contribution in [0, 0.1) is 5.92 Å². The van der Waals surface area contributed by atoms with Crippen molar-refractivity contribution in [2.75, 3.05) is 33.0 Å². The molecule has 2 bridgehead atoms. The van der Waals surface area contributed by atoms with Crippen molar-refractivity contribution in [1.82, 2.24) is 4.90 Å². The summed E-state index contributed by atoms with van der Waals surface area (Å²) in [5.74, 6) is -0.411. The van der Waals surface area contributed by atoms with Crippen LogP contribution >= 0.6 is 0 Å². The van der Waals surface area contributed by atoms with Crippen LogP contribution in [0.15, 0.2) is 0 Å². The summed E-state index contributed by atoms with van der Waals surface area (Å²) < 4.78 is 15.7. The molecule has 0 N–H and O–H groups in total. The summed E-state index contributed by atoms with van der Waals surface area (Å²) in [5.41, 5.74) is 0. The molecule has 114 valence electrons. The molecule has 2 saturated heterocycles. The number of esters is 2. The molecule has 2 aliphatic rings. The lowest BCUT2D eigenvalue weighted by atomic mass is 9.85. The predicted octanol–water partition coefficient (Wildman–Crippen LogP) is 0.592. The molecule has 6 nitrogen and oxygen atoms in total. The molecule has 0 amide bonds. The molecule has 2 atom stereocenters. The quantitative estimate of drug-likeness (QED) is 0.689. The second kappa shape index (κ2) is 7.04. The van der Waals surface area contributed by atoms with Crippen LogP contribution in [-0.2, 0) is 23.8 Å². The molecule has 0 aliphatic carbocycles. The van der Waals surface area contributed by atoms with E-state index in [-0.39, 0.29) is 36.5 Å². The monoisotopic (exact) mass is 285 g/mol. The van der Waals surface area contributed by atoms with Gasteiger partial charge in [-0.3, -0.25) is 14.5 Å². The van der Waals surface area contributed by atoms with Gasteiger partial charge >= 0.3 is 11.9 Å². The molecule has 2 aliphatic heterocycles. The maximum Gasteiger partial charge on any atom is 0.320 e. The van der Waals surface area contributed by atoms with Crippen molar-refractivity contribution in [2.24, 2.45) is 5.92 Å². The molecule has 2 unspecified atom stereocenters. The highest BCUT2D eigenvalue weighted by Gasteiger charge is 2.42. The third-order valence-electron chi connectivity index (χ3n) is 3.91. The van der Waals surface area contributed by atoms with Gasteiger partial charge in [0.2, 0.25) is 0 Å². The minimum Gasteiger partial charge on any atom is -0.466 e. The largest absolute Gasteiger partial charge is 0.466 e. The maximum atomic E-state index is 11.9. The summed E-state index contributed by atoms with van der Waals surface area (Å²) in [6.45, 7) is 5.82. The summed E-state index contributed by atoms with van der Waals surface area (Å²) >= 11 is 0. The molecule has 0 saturated carbocycles. The first-order valence-corrected chi connectivity index (χ1v) is 7.31. The Hall–Kier alpha value is -1.14. The lowest BCUT2D eigenvalue weighted by Gasteiger charge is -2.47. The Kier molecular flexibility index (Phi) is 5.37. The highest BCUT2D eigenvalue weighted by molar-refractivity contribution is 5.73. The molecular weight excluding hydrogens is 262 g/mol.